The summed E-state index contributed by atoms with van der Waals surface area (Å²) in [5.41, 5.74) is 1.25. The number of anilines is 1. The van der Waals surface area contributed by atoms with Gasteiger partial charge in [0.05, 0.1) is 25.6 Å². The number of benzene rings is 2. The molecule has 0 bridgehead atoms. The van der Waals surface area contributed by atoms with Gasteiger partial charge in [-0.25, -0.2) is 8.42 Å². The Morgan fingerprint density at radius 3 is 2.33 bits per heavy atom. The average Bonchev–Trinajstić information content (AvgIpc) is 3.29. The van der Waals surface area contributed by atoms with Crippen molar-refractivity contribution in [1.29, 1.82) is 0 Å². The highest BCUT2D eigenvalue weighted by molar-refractivity contribution is 7.92. The van der Waals surface area contributed by atoms with E-state index in [1.807, 2.05) is 19.1 Å². The lowest BCUT2D eigenvalue weighted by Crippen LogP contribution is -2.37. The molecule has 1 atom stereocenters. The van der Waals surface area contributed by atoms with Gasteiger partial charge < -0.3 is 19.3 Å². The van der Waals surface area contributed by atoms with Crippen LogP contribution in [0.3, 0.4) is 0 Å². The summed E-state index contributed by atoms with van der Waals surface area (Å²) in [6.07, 6.45) is 0.808. The lowest BCUT2D eigenvalue weighted by atomic mass is 10.2. The van der Waals surface area contributed by atoms with E-state index >= 15 is 0 Å². The zero-order chi connectivity index (χ0) is 24.0. The van der Waals surface area contributed by atoms with Gasteiger partial charge in [0.15, 0.2) is 6.10 Å². The number of hydrogen-bond acceptors (Lipinski definition) is 8. The minimum atomic E-state index is -3.36. The van der Waals surface area contributed by atoms with Crippen LogP contribution in [0.2, 0.25) is 0 Å². The molecule has 10 nitrogen and oxygen atoms in total. The van der Waals surface area contributed by atoms with Crippen molar-refractivity contribution in [2.45, 2.75) is 26.0 Å². The first kappa shape index (κ1) is 24.1. The van der Waals surface area contributed by atoms with Crippen LogP contribution >= 0.6 is 0 Å². The maximum absolute atomic E-state index is 12.6. The zero-order valence-electron chi connectivity index (χ0n) is 18.8. The number of carbonyl (C=O) groups is 1. The number of hydrogen-bond donors (Lipinski definition) is 1. The SMILES string of the molecule is CCC(Oc1ccc(N(C)S(C)(=O)=O)cc1)C(=O)NCc1nc(-c2ccc(OC)cc2)no1. The van der Waals surface area contributed by atoms with Crippen LogP contribution in [0.1, 0.15) is 19.2 Å². The number of carbonyl (C=O) groups excluding carboxylic acids is 1. The molecule has 0 aliphatic carbocycles. The molecule has 3 rings (SSSR count). The number of nitrogens with zero attached hydrogens (tertiary/aromatic N) is 3. The minimum Gasteiger partial charge on any atom is -0.497 e. The predicted octanol–water partition coefficient (Wildman–Crippen LogP) is 2.61. The van der Waals surface area contributed by atoms with Gasteiger partial charge in [-0.1, -0.05) is 12.1 Å². The van der Waals surface area contributed by atoms with E-state index in [4.69, 9.17) is 14.0 Å². The van der Waals surface area contributed by atoms with Crippen molar-refractivity contribution in [1.82, 2.24) is 15.5 Å². The number of sulfonamides is 1. The highest BCUT2D eigenvalue weighted by Crippen LogP contribution is 2.22. The number of aromatic nitrogens is 2. The first-order chi connectivity index (χ1) is 15.7. The smallest absolute Gasteiger partial charge is 0.261 e. The molecule has 0 fully saturated rings. The molecule has 0 aliphatic heterocycles. The molecule has 1 unspecified atom stereocenters. The van der Waals surface area contributed by atoms with Crippen LogP contribution in [0.4, 0.5) is 5.69 Å². The van der Waals surface area contributed by atoms with E-state index in [0.29, 0.717) is 23.7 Å². The van der Waals surface area contributed by atoms with E-state index in [1.54, 1.807) is 43.5 Å². The molecule has 11 heteroatoms. The third-order valence-electron chi connectivity index (χ3n) is 4.87. The first-order valence-electron chi connectivity index (χ1n) is 10.2. The summed E-state index contributed by atoms with van der Waals surface area (Å²) in [7, 11) is -0.309. The first-order valence-corrected chi connectivity index (χ1v) is 12.0. The quantitative estimate of drug-likeness (QED) is 0.476. The molecule has 1 aromatic heterocycles. The van der Waals surface area contributed by atoms with Crippen LogP contribution in [0, 0.1) is 0 Å². The fraction of sp³-hybridized carbons (Fsp3) is 0.318. The Morgan fingerprint density at radius 2 is 1.76 bits per heavy atom. The second-order valence-corrected chi connectivity index (χ2v) is 9.21. The van der Waals surface area contributed by atoms with Crippen LogP contribution in [0.15, 0.2) is 53.1 Å². The third-order valence-corrected chi connectivity index (χ3v) is 6.08. The van der Waals surface area contributed by atoms with Crippen molar-refractivity contribution in [3.63, 3.8) is 0 Å². The largest absolute Gasteiger partial charge is 0.497 e. The molecule has 1 amide bonds. The Kier molecular flexibility index (Phi) is 7.54. The zero-order valence-corrected chi connectivity index (χ0v) is 19.6. The summed E-state index contributed by atoms with van der Waals surface area (Å²) in [5.74, 6) is 1.50. The van der Waals surface area contributed by atoms with Crippen molar-refractivity contribution in [3.8, 4) is 22.9 Å². The van der Waals surface area contributed by atoms with Crippen molar-refractivity contribution >= 4 is 21.6 Å². The predicted molar refractivity (Wildman–Crippen MR) is 123 cm³/mol. The Hall–Kier alpha value is -3.60. The van der Waals surface area contributed by atoms with E-state index in [9.17, 15) is 13.2 Å². The lowest BCUT2D eigenvalue weighted by molar-refractivity contribution is -0.128. The third kappa shape index (κ3) is 6.22. The molecule has 3 aromatic rings. The summed E-state index contributed by atoms with van der Waals surface area (Å²) >= 11 is 0. The highest BCUT2D eigenvalue weighted by atomic mass is 32.2. The number of ether oxygens (including phenoxy) is 2. The molecule has 0 radical (unpaired) electrons. The van der Waals surface area contributed by atoms with Crippen molar-refractivity contribution < 1.29 is 27.2 Å². The topological polar surface area (TPSA) is 124 Å². The van der Waals surface area contributed by atoms with Crippen LogP contribution in [0.25, 0.3) is 11.4 Å². The Morgan fingerprint density at radius 1 is 1.12 bits per heavy atom. The van der Waals surface area contributed by atoms with Gasteiger partial charge in [-0.15, -0.1) is 0 Å². The fourth-order valence-corrected chi connectivity index (χ4v) is 3.38. The number of rotatable bonds is 10. The summed E-state index contributed by atoms with van der Waals surface area (Å²) in [6.45, 7) is 1.88. The maximum Gasteiger partial charge on any atom is 0.261 e. The number of amides is 1. The van der Waals surface area contributed by atoms with Gasteiger partial charge in [-0.2, -0.15) is 4.98 Å². The molecule has 0 spiro atoms. The maximum atomic E-state index is 12.6. The lowest BCUT2D eigenvalue weighted by Gasteiger charge is -2.19. The van der Waals surface area contributed by atoms with Crippen LogP contribution < -0.4 is 19.1 Å². The van der Waals surface area contributed by atoms with Crippen LogP contribution in [0.5, 0.6) is 11.5 Å². The molecule has 1 heterocycles. The molecule has 0 aliphatic rings. The van der Waals surface area contributed by atoms with Crippen molar-refractivity contribution in [2.24, 2.45) is 0 Å². The Bertz CT molecular complexity index is 1180. The van der Waals surface area contributed by atoms with Gasteiger partial charge in [0.1, 0.15) is 11.5 Å². The van der Waals surface area contributed by atoms with Gasteiger partial charge in [0.2, 0.25) is 21.7 Å². The summed E-state index contributed by atoms with van der Waals surface area (Å²) in [4.78, 5) is 16.9. The second kappa shape index (κ2) is 10.3. The van der Waals surface area contributed by atoms with E-state index < -0.39 is 16.1 Å². The van der Waals surface area contributed by atoms with Gasteiger partial charge in [-0.3, -0.25) is 9.10 Å². The normalized spacial score (nSPS) is 12.1. The van der Waals surface area contributed by atoms with Crippen LogP contribution in [-0.2, 0) is 21.4 Å². The van der Waals surface area contributed by atoms with E-state index in [-0.39, 0.29) is 18.3 Å². The summed E-state index contributed by atoms with van der Waals surface area (Å²) in [6, 6.07) is 13.7. The standard InChI is InChI=1S/C22H26N4O6S/c1-5-19(31-18-12-8-16(9-13-18)26(2)33(4,28)29)22(27)23-14-20-24-21(25-32-20)15-6-10-17(30-3)11-7-15/h6-13,19H,5,14H2,1-4H3,(H,23,27). The second-order valence-electron chi connectivity index (χ2n) is 7.20. The molecule has 33 heavy (non-hydrogen) atoms. The van der Waals surface area contributed by atoms with Gasteiger partial charge in [0, 0.05) is 12.6 Å². The van der Waals surface area contributed by atoms with E-state index in [1.165, 1.54) is 7.05 Å². The van der Waals surface area contributed by atoms with Crippen LogP contribution in [-0.4, -0.2) is 51.0 Å². The van der Waals surface area contributed by atoms with Crippen molar-refractivity contribution in [3.05, 3.63) is 54.4 Å². The number of methoxy groups -OCH3 is 1. The van der Waals surface area contributed by atoms with Gasteiger partial charge >= 0.3 is 0 Å². The van der Waals surface area contributed by atoms with Gasteiger partial charge in [0.25, 0.3) is 5.91 Å². The molecular formula is C22H26N4O6S. The molecule has 176 valence electrons. The Balaban J connectivity index is 1.57. The van der Waals surface area contributed by atoms with E-state index in [2.05, 4.69) is 15.5 Å². The fourth-order valence-electron chi connectivity index (χ4n) is 2.87. The van der Waals surface area contributed by atoms with Crippen molar-refractivity contribution in [2.75, 3.05) is 24.7 Å². The summed E-state index contributed by atoms with van der Waals surface area (Å²) < 4.78 is 40.6. The molecular weight excluding hydrogens is 448 g/mol. The molecule has 0 saturated carbocycles. The monoisotopic (exact) mass is 474 g/mol. The Labute approximate surface area is 192 Å². The molecule has 0 saturated heterocycles. The molecule has 2 aromatic carbocycles. The molecule has 1 N–H and O–H groups in total. The van der Waals surface area contributed by atoms with Gasteiger partial charge in [-0.05, 0) is 55.0 Å². The minimum absolute atomic E-state index is 0.0555. The van der Waals surface area contributed by atoms with E-state index in [0.717, 1.165) is 21.9 Å². The highest BCUT2D eigenvalue weighted by Gasteiger charge is 2.20. The summed E-state index contributed by atoms with van der Waals surface area (Å²) in [5, 5.41) is 6.67. The average molecular weight is 475 g/mol. The number of nitrogens with one attached hydrogen (secondary N) is 1.